The van der Waals surface area contributed by atoms with Crippen molar-refractivity contribution >= 4 is 40.9 Å². The largest absolute Gasteiger partial charge is 0.496 e. The minimum Gasteiger partial charge on any atom is -0.496 e. The molecule has 172 valence electrons. The number of para-hydroxylation sites is 2. The van der Waals surface area contributed by atoms with Crippen LogP contribution in [0, 0.1) is 0 Å². The summed E-state index contributed by atoms with van der Waals surface area (Å²) in [7, 11) is 1.41. The van der Waals surface area contributed by atoms with Gasteiger partial charge in [0.05, 0.1) is 29.8 Å². The Hall–Kier alpha value is -4.17. The molecule has 1 unspecified atom stereocenters. The molecule has 0 spiro atoms. The fourth-order valence-corrected chi connectivity index (χ4v) is 3.91. The number of nitrogens with one attached hydrogen (secondary N) is 1. The number of halogens is 1. The van der Waals surface area contributed by atoms with Crippen molar-refractivity contribution in [2.75, 3.05) is 12.0 Å². The van der Waals surface area contributed by atoms with Crippen LogP contribution in [0.15, 0.2) is 78.9 Å². The molecule has 0 aromatic heterocycles. The molecule has 1 heterocycles. The Morgan fingerprint density at radius 3 is 2.32 bits per heavy atom. The van der Waals surface area contributed by atoms with Crippen LogP contribution in [0.1, 0.15) is 27.1 Å². The zero-order valence-electron chi connectivity index (χ0n) is 18.1. The lowest BCUT2D eigenvalue weighted by molar-refractivity contribution is -0.122. The number of rotatable bonds is 5. The summed E-state index contributed by atoms with van der Waals surface area (Å²) in [5.74, 6) is -2.29. The summed E-state index contributed by atoms with van der Waals surface area (Å²) in [4.78, 5) is 53.7. The van der Waals surface area contributed by atoms with Crippen LogP contribution in [0.2, 0.25) is 5.02 Å². The zero-order valence-corrected chi connectivity index (χ0v) is 18.9. The summed E-state index contributed by atoms with van der Waals surface area (Å²) in [5.41, 5.74) is 3.13. The highest BCUT2D eigenvalue weighted by molar-refractivity contribution is 6.36. The quantitative estimate of drug-likeness (QED) is 0.448. The van der Waals surface area contributed by atoms with E-state index in [-0.39, 0.29) is 34.0 Å². The van der Waals surface area contributed by atoms with E-state index in [9.17, 15) is 19.2 Å². The van der Waals surface area contributed by atoms with E-state index in [0.29, 0.717) is 0 Å². The van der Waals surface area contributed by atoms with Crippen LogP contribution in [0.5, 0.6) is 5.75 Å². The first kappa shape index (κ1) is 23.0. The monoisotopic (exact) mass is 477 g/mol. The van der Waals surface area contributed by atoms with Crippen molar-refractivity contribution in [1.82, 2.24) is 10.4 Å². The van der Waals surface area contributed by atoms with Crippen LogP contribution < -0.4 is 15.1 Å². The Balaban J connectivity index is 1.72. The van der Waals surface area contributed by atoms with Gasteiger partial charge in [-0.1, -0.05) is 54.1 Å². The number of methoxy groups -OCH3 is 1. The number of anilines is 1. The first-order chi connectivity index (χ1) is 16.4. The average Bonchev–Trinajstić information content (AvgIpc) is 3.16. The van der Waals surface area contributed by atoms with E-state index >= 15 is 0 Å². The van der Waals surface area contributed by atoms with Gasteiger partial charge >= 0.3 is 0 Å². The molecular weight excluding hydrogens is 458 g/mol. The second-order valence-electron chi connectivity index (χ2n) is 7.42. The van der Waals surface area contributed by atoms with Crippen LogP contribution in [0.4, 0.5) is 5.69 Å². The van der Waals surface area contributed by atoms with Crippen molar-refractivity contribution in [3.63, 3.8) is 0 Å². The van der Waals surface area contributed by atoms with Gasteiger partial charge in [0.25, 0.3) is 17.7 Å². The van der Waals surface area contributed by atoms with E-state index in [4.69, 9.17) is 16.3 Å². The minimum absolute atomic E-state index is 0.120. The molecule has 1 N–H and O–H groups in total. The highest BCUT2D eigenvalue weighted by Crippen LogP contribution is 2.32. The summed E-state index contributed by atoms with van der Waals surface area (Å²) in [5, 5.41) is 1.10. The number of benzene rings is 3. The summed E-state index contributed by atoms with van der Waals surface area (Å²) in [6.07, 6.45) is -0.333. The Labute approximate surface area is 200 Å². The molecule has 3 aromatic carbocycles. The second kappa shape index (κ2) is 9.76. The predicted molar refractivity (Wildman–Crippen MR) is 125 cm³/mol. The number of hydrazine groups is 1. The lowest BCUT2D eigenvalue weighted by Gasteiger charge is -2.28. The average molecular weight is 478 g/mol. The van der Waals surface area contributed by atoms with Gasteiger partial charge in [-0.05, 0) is 36.4 Å². The predicted octanol–water partition coefficient (Wildman–Crippen LogP) is 3.47. The summed E-state index contributed by atoms with van der Waals surface area (Å²) < 4.78 is 5.28. The highest BCUT2D eigenvalue weighted by atomic mass is 35.5. The number of nitrogens with zero attached hydrogens (tertiary/aromatic N) is 2. The van der Waals surface area contributed by atoms with Crippen LogP contribution in [0.3, 0.4) is 0 Å². The molecule has 0 bridgehead atoms. The normalized spacial score (nSPS) is 15.2. The highest BCUT2D eigenvalue weighted by Gasteiger charge is 2.46. The van der Waals surface area contributed by atoms with E-state index in [1.165, 1.54) is 19.2 Å². The maximum absolute atomic E-state index is 13.6. The van der Waals surface area contributed by atoms with Crippen LogP contribution >= 0.6 is 11.6 Å². The number of hydrogen-bond donors (Lipinski definition) is 1. The van der Waals surface area contributed by atoms with E-state index in [1.54, 1.807) is 66.7 Å². The molecule has 1 saturated heterocycles. The van der Waals surface area contributed by atoms with Gasteiger partial charge in [0, 0.05) is 5.56 Å². The Morgan fingerprint density at radius 2 is 1.62 bits per heavy atom. The van der Waals surface area contributed by atoms with Gasteiger partial charge in [-0.15, -0.1) is 0 Å². The van der Waals surface area contributed by atoms with Crippen molar-refractivity contribution < 1.29 is 23.9 Å². The lowest BCUT2D eigenvalue weighted by atomic mass is 10.1. The van der Waals surface area contributed by atoms with Crippen molar-refractivity contribution in [2.45, 2.75) is 12.5 Å². The van der Waals surface area contributed by atoms with Gasteiger partial charge in [-0.2, -0.15) is 0 Å². The molecule has 0 aliphatic carbocycles. The molecule has 4 amide bonds. The van der Waals surface area contributed by atoms with Gasteiger partial charge in [0.1, 0.15) is 11.8 Å². The second-order valence-corrected chi connectivity index (χ2v) is 7.83. The van der Waals surface area contributed by atoms with Gasteiger partial charge in [0.2, 0.25) is 5.91 Å². The topological polar surface area (TPSA) is 96.0 Å². The van der Waals surface area contributed by atoms with Gasteiger partial charge in [0.15, 0.2) is 0 Å². The van der Waals surface area contributed by atoms with Crippen molar-refractivity contribution in [3.05, 3.63) is 95.0 Å². The third-order valence-electron chi connectivity index (χ3n) is 5.34. The number of carbonyl (C=O) groups excluding carboxylic acids is 4. The fraction of sp³-hybridized carbons (Fsp3) is 0.120. The maximum atomic E-state index is 13.6. The van der Waals surface area contributed by atoms with Gasteiger partial charge in [-0.3, -0.25) is 24.6 Å². The van der Waals surface area contributed by atoms with Crippen molar-refractivity contribution in [2.24, 2.45) is 0 Å². The van der Waals surface area contributed by atoms with Crippen molar-refractivity contribution in [3.8, 4) is 5.75 Å². The number of carbonyl (C=O) groups is 4. The smallest absolute Gasteiger partial charge is 0.276 e. The standard InChI is InChI=1S/C25H20ClN3O5/c1-34-21-14-8-5-11-17(21)24(32)29(27-23(31)16-9-3-2-4-10-16)20-15-22(30)28(25(20)33)19-13-7-6-12-18(19)26/h2-14,20H,15H2,1H3,(H,27,31). The summed E-state index contributed by atoms with van der Waals surface area (Å²) in [6.45, 7) is 0. The number of imide groups is 1. The molecule has 9 heteroatoms. The molecule has 0 radical (unpaired) electrons. The Bertz CT molecular complexity index is 1260. The minimum atomic E-state index is -1.28. The number of ether oxygens (including phenoxy) is 1. The van der Waals surface area contributed by atoms with E-state index in [0.717, 1.165) is 9.91 Å². The molecule has 1 atom stereocenters. The number of hydrogen-bond acceptors (Lipinski definition) is 5. The van der Waals surface area contributed by atoms with Crippen molar-refractivity contribution in [1.29, 1.82) is 0 Å². The third-order valence-corrected chi connectivity index (χ3v) is 5.66. The zero-order chi connectivity index (χ0) is 24.2. The van der Waals surface area contributed by atoms with Crippen LogP contribution in [0.25, 0.3) is 0 Å². The first-order valence-electron chi connectivity index (χ1n) is 10.4. The molecule has 8 nitrogen and oxygen atoms in total. The Kier molecular flexibility index (Phi) is 6.60. The molecule has 0 saturated carbocycles. The summed E-state index contributed by atoms with van der Waals surface area (Å²) >= 11 is 6.21. The molecule has 1 fully saturated rings. The van der Waals surface area contributed by atoms with E-state index < -0.39 is 29.7 Å². The molecule has 4 rings (SSSR count). The summed E-state index contributed by atoms with van der Waals surface area (Å²) in [6, 6.07) is 19.8. The van der Waals surface area contributed by atoms with Gasteiger partial charge in [-0.25, -0.2) is 9.91 Å². The van der Waals surface area contributed by atoms with Crippen LogP contribution in [-0.2, 0) is 9.59 Å². The van der Waals surface area contributed by atoms with Crippen LogP contribution in [-0.4, -0.2) is 41.8 Å². The molecule has 1 aliphatic heterocycles. The molecule has 1 aliphatic rings. The number of amides is 4. The lowest BCUT2D eigenvalue weighted by Crippen LogP contribution is -2.54. The maximum Gasteiger partial charge on any atom is 0.276 e. The molecule has 3 aromatic rings. The molecular formula is C25H20ClN3O5. The Morgan fingerprint density at radius 1 is 0.971 bits per heavy atom. The SMILES string of the molecule is COc1ccccc1C(=O)N(NC(=O)c1ccccc1)C1CC(=O)N(c2ccccc2Cl)C1=O. The third kappa shape index (κ3) is 4.35. The van der Waals surface area contributed by atoms with Gasteiger partial charge < -0.3 is 4.74 Å². The first-order valence-corrected chi connectivity index (χ1v) is 10.7. The van der Waals surface area contributed by atoms with E-state index in [2.05, 4.69) is 5.43 Å². The fourth-order valence-electron chi connectivity index (χ4n) is 3.69. The molecule has 34 heavy (non-hydrogen) atoms. The van der Waals surface area contributed by atoms with E-state index in [1.807, 2.05) is 0 Å².